The molecular formula is C19H15ClF3NO4. The largest absolute Gasteiger partial charge is 0.495 e. The first-order valence-corrected chi connectivity index (χ1v) is 8.22. The summed E-state index contributed by atoms with van der Waals surface area (Å²) in [7, 11) is 1.41. The summed E-state index contributed by atoms with van der Waals surface area (Å²) in [4.78, 5) is 23.6. The predicted molar refractivity (Wildman–Crippen MR) is 98.1 cm³/mol. The molecular weight excluding hydrogens is 399 g/mol. The van der Waals surface area contributed by atoms with E-state index < -0.39 is 30.2 Å². The third-order valence-corrected chi connectivity index (χ3v) is 3.64. The molecule has 1 amide bonds. The van der Waals surface area contributed by atoms with Crippen LogP contribution >= 0.6 is 11.6 Å². The van der Waals surface area contributed by atoms with Crippen molar-refractivity contribution in [2.75, 3.05) is 19.0 Å². The highest BCUT2D eigenvalue weighted by molar-refractivity contribution is 6.31. The molecule has 0 spiro atoms. The molecule has 0 radical (unpaired) electrons. The molecule has 0 aliphatic rings. The zero-order valence-corrected chi connectivity index (χ0v) is 15.3. The fraction of sp³-hybridized carbons (Fsp3) is 0.158. The van der Waals surface area contributed by atoms with E-state index in [-0.39, 0.29) is 5.56 Å². The predicted octanol–water partition coefficient (Wildman–Crippen LogP) is 4.56. The topological polar surface area (TPSA) is 64.6 Å². The van der Waals surface area contributed by atoms with E-state index in [1.165, 1.54) is 25.3 Å². The van der Waals surface area contributed by atoms with Crippen molar-refractivity contribution in [3.63, 3.8) is 0 Å². The average Bonchev–Trinajstić information content (AvgIpc) is 2.64. The molecule has 0 unspecified atom stereocenters. The van der Waals surface area contributed by atoms with Gasteiger partial charge in [0.15, 0.2) is 6.61 Å². The molecule has 148 valence electrons. The van der Waals surface area contributed by atoms with E-state index in [1.54, 1.807) is 12.1 Å². The normalized spacial score (nSPS) is 11.3. The van der Waals surface area contributed by atoms with Crippen LogP contribution in [-0.2, 0) is 20.5 Å². The summed E-state index contributed by atoms with van der Waals surface area (Å²) in [6.45, 7) is -0.596. The maximum Gasteiger partial charge on any atom is 0.416 e. The number of amides is 1. The van der Waals surface area contributed by atoms with Crippen molar-refractivity contribution in [3.05, 3.63) is 64.7 Å². The Kier molecular flexibility index (Phi) is 7.06. The number of hydrogen-bond donors (Lipinski definition) is 1. The number of esters is 1. The number of rotatable bonds is 6. The Morgan fingerprint density at radius 1 is 1.18 bits per heavy atom. The fourth-order valence-electron chi connectivity index (χ4n) is 2.13. The van der Waals surface area contributed by atoms with Gasteiger partial charge in [-0.3, -0.25) is 4.79 Å². The maximum absolute atomic E-state index is 12.7. The second-order valence-corrected chi connectivity index (χ2v) is 5.89. The van der Waals surface area contributed by atoms with Crippen molar-refractivity contribution >= 4 is 35.2 Å². The van der Waals surface area contributed by atoms with Gasteiger partial charge in [-0.15, -0.1) is 0 Å². The lowest BCUT2D eigenvalue weighted by Crippen LogP contribution is -2.20. The number of nitrogens with one attached hydrogen (secondary N) is 1. The van der Waals surface area contributed by atoms with Gasteiger partial charge in [-0.1, -0.05) is 23.7 Å². The number of halogens is 4. The van der Waals surface area contributed by atoms with E-state index in [0.29, 0.717) is 16.5 Å². The molecule has 0 saturated heterocycles. The summed E-state index contributed by atoms with van der Waals surface area (Å²) in [5.74, 6) is -1.15. The summed E-state index contributed by atoms with van der Waals surface area (Å²) in [5.41, 5.74) is -0.367. The van der Waals surface area contributed by atoms with Crippen molar-refractivity contribution in [2.45, 2.75) is 6.18 Å². The molecule has 2 aromatic rings. The van der Waals surface area contributed by atoms with Gasteiger partial charge in [-0.2, -0.15) is 13.2 Å². The van der Waals surface area contributed by atoms with Gasteiger partial charge in [-0.25, -0.2) is 4.79 Å². The van der Waals surface area contributed by atoms with Crippen LogP contribution in [0, 0.1) is 0 Å². The summed E-state index contributed by atoms with van der Waals surface area (Å²) in [6, 6.07) is 9.03. The van der Waals surface area contributed by atoms with E-state index >= 15 is 0 Å². The number of carbonyl (C=O) groups excluding carboxylic acids is 2. The monoisotopic (exact) mass is 413 g/mol. The highest BCUT2D eigenvalue weighted by Gasteiger charge is 2.30. The highest BCUT2D eigenvalue weighted by atomic mass is 35.5. The zero-order chi connectivity index (χ0) is 20.7. The molecule has 0 fully saturated rings. The Morgan fingerprint density at radius 3 is 2.61 bits per heavy atom. The average molecular weight is 414 g/mol. The fourth-order valence-corrected chi connectivity index (χ4v) is 2.30. The van der Waals surface area contributed by atoms with Gasteiger partial charge in [0.25, 0.3) is 5.91 Å². The van der Waals surface area contributed by atoms with Gasteiger partial charge in [0.05, 0.1) is 18.4 Å². The van der Waals surface area contributed by atoms with Gasteiger partial charge in [0.2, 0.25) is 0 Å². The van der Waals surface area contributed by atoms with Crippen LogP contribution in [0.3, 0.4) is 0 Å². The van der Waals surface area contributed by atoms with Crippen molar-refractivity contribution < 1.29 is 32.2 Å². The quantitative estimate of drug-likeness (QED) is 0.557. The third kappa shape index (κ3) is 6.31. The Hall–Kier alpha value is -3.00. The van der Waals surface area contributed by atoms with E-state index in [4.69, 9.17) is 21.1 Å². The minimum atomic E-state index is -4.48. The number of benzene rings is 2. The van der Waals surface area contributed by atoms with Crippen molar-refractivity contribution in [3.8, 4) is 5.75 Å². The Morgan fingerprint density at radius 2 is 1.93 bits per heavy atom. The molecule has 2 rings (SSSR count). The van der Waals surface area contributed by atoms with Crippen molar-refractivity contribution in [1.29, 1.82) is 0 Å². The lowest BCUT2D eigenvalue weighted by atomic mass is 10.1. The molecule has 28 heavy (non-hydrogen) atoms. The molecule has 1 N–H and O–H groups in total. The van der Waals surface area contributed by atoms with Gasteiger partial charge < -0.3 is 14.8 Å². The molecule has 2 aromatic carbocycles. The van der Waals surface area contributed by atoms with E-state index in [0.717, 1.165) is 24.3 Å². The molecule has 0 aliphatic heterocycles. The Bertz CT molecular complexity index is 897. The zero-order valence-electron chi connectivity index (χ0n) is 14.5. The Balaban J connectivity index is 1.91. The van der Waals surface area contributed by atoms with Gasteiger partial charge in [-0.05, 0) is 42.0 Å². The van der Waals surface area contributed by atoms with Crippen LogP contribution in [0.15, 0.2) is 48.5 Å². The molecule has 0 aromatic heterocycles. The van der Waals surface area contributed by atoms with E-state index in [9.17, 15) is 22.8 Å². The van der Waals surface area contributed by atoms with E-state index in [2.05, 4.69) is 5.32 Å². The van der Waals surface area contributed by atoms with Crippen LogP contribution in [0.25, 0.3) is 6.08 Å². The first kappa shape index (κ1) is 21.3. The number of alkyl halides is 3. The molecule has 5 nitrogen and oxygen atoms in total. The summed E-state index contributed by atoms with van der Waals surface area (Å²) < 4.78 is 47.8. The third-order valence-electron chi connectivity index (χ3n) is 3.41. The molecule has 0 aliphatic carbocycles. The maximum atomic E-state index is 12.7. The summed E-state index contributed by atoms with van der Waals surface area (Å²) in [5, 5.41) is 2.85. The molecule has 0 bridgehead atoms. The number of methoxy groups -OCH3 is 1. The molecule has 0 heterocycles. The van der Waals surface area contributed by atoms with Crippen LogP contribution in [-0.4, -0.2) is 25.6 Å². The lowest BCUT2D eigenvalue weighted by molar-refractivity contribution is -0.142. The molecule has 0 atom stereocenters. The van der Waals surface area contributed by atoms with Crippen LogP contribution in [0.2, 0.25) is 5.02 Å². The number of anilines is 1. The smallest absolute Gasteiger partial charge is 0.416 e. The summed E-state index contributed by atoms with van der Waals surface area (Å²) >= 11 is 5.85. The van der Waals surface area contributed by atoms with Crippen LogP contribution in [0.1, 0.15) is 11.1 Å². The van der Waals surface area contributed by atoms with Gasteiger partial charge in [0.1, 0.15) is 5.75 Å². The summed E-state index contributed by atoms with van der Waals surface area (Å²) in [6.07, 6.45) is -2.39. The first-order chi connectivity index (χ1) is 13.2. The van der Waals surface area contributed by atoms with Crippen molar-refractivity contribution in [1.82, 2.24) is 0 Å². The number of hydrogen-bond acceptors (Lipinski definition) is 4. The molecule has 9 heteroatoms. The van der Waals surface area contributed by atoms with Crippen LogP contribution in [0.5, 0.6) is 5.75 Å². The SMILES string of the molecule is COc1ccc(Cl)cc1NC(=O)COC(=O)C=Cc1cccc(C(F)(F)F)c1. The number of carbonyl (C=O) groups is 2. The second kappa shape index (κ2) is 9.27. The Labute approximate surface area is 163 Å². The first-order valence-electron chi connectivity index (χ1n) is 7.84. The van der Waals surface area contributed by atoms with Gasteiger partial charge in [0, 0.05) is 11.1 Å². The van der Waals surface area contributed by atoms with Gasteiger partial charge >= 0.3 is 12.1 Å². The lowest BCUT2D eigenvalue weighted by Gasteiger charge is -2.10. The second-order valence-electron chi connectivity index (χ2n) is 5.46. The molecule has 0 saturated carbocycles. The van der Waals surface area contributed by atoms with Crippen LogP contribution in [0.4, 0.5) is 18.9 Å². The van der Waals surface area contributed by atoms with E-state index in [1.807, 2.05) is 0 Å². The van der Waals surface area contributed by atoms with Crippen LogP contribution < -0.4 is 10.1 Å². The van der Waals surface area contributed by atoms with Crippen molar-refractivity contribution in [2.24, 2.45) is 0 Å². The minimum Gasteiger partial charge on any atom is -0.495 e. The number of ether oxygens (including phenoxy) is 2. The minimum absolute atomic E-state index is 0.167. The standard InChI is InChI=1S/C19H15ClF3NO4/c1-27-16-7-6-14(20)10-15(16)24-17(25)11-28-18(26)8-5-12-3-2-4-13(9-12)19(21,22)23/h2-10H,11H2,1H3,(H,24,25). The highest BCUT2D eigenvalue weighted by Crippen LogP contribution is 2.30.